The van der Waals surface area contributed by atoms with Gasteiger partial charge in [-0.15, -0.1) is 0 Å². The molecule has 0 saturated carbocycles. The highest BCUT2D eigenvalue weighted by molar-refractivity contribution is 7.09. The fraction of sp³-hybridized carbons (Fsp3) is 0.312. The van der Waals surface area contributed by atoms with Crippen LogP contribution in [0.1, 0.15) is 17.2 Å². The number of aromatic amines is 1. The zero-order chi connectivity index (χ0) is 15.6. The SMILES string of the molecule is COCc1nsc(N2CCc3nc(-c4ccccc4)[nH]c3C2)n1. The molecule has 2 aromatic heterocycles. The smallest absolute Gasteiger partial charge is 0.205 e. The molecule has 1 aromatic carbocycles. The van der Waals surface area contributed by atoms with E-state index >= 15 is 0 Å². The molecule has 7 heteroatoms. The molecule has 0 unspecified atom stereocenters. The van der Waals surface area contributed by atoms with E-state index in [1.807, 2.05) is 18.2 Å². The van der Waals surface area contributed by atoms with E-state index in [1.54, 1.807) is 7.11 Å². The number of rotatable bonds is 4. The minimum Gasteiger partial charge on any atom is -0.377 e. The van der Waals surface area contributed by atoms with Gasteiger partial charge in [0.2, 0.25) is 5.13 Å². The number of methoxy groups -OCH3 is 1. The first kappa shape index (κ1) is 14.3. The molecular weight excluding hydrogens is 310 g/mol. The molecule has 4 rings (SSSR count). The lowest BCUT2D eigenvalue weighted by Crippen LogP contribution is -2.30. The van der Waals surface area contributed by atoms with E-state index in [0.29, 0.717) is 6.61 Å². The summed E-state index contributed by atoms with van der Waals surface area (Å²) in [6, 6.07) is 10.2. The van der Waals surface area contributed by atoms with Crippen molar-refractivity contribution in [2.45, 2.75) is 19.6 Å². The predicted molar refractivity (Wildman–Crippen MR) is 89.4 cm³/mol. The molecule has 1 aliphatic rings. The van der Waals surface area contributed by atoms with Crippen molar-refractivity contribution in [2.24, 2.45) is 0 Å². The topological polar surface area (TPSA) is 66.9 Å². The van der Waals surface area contributed by atoms with Crippen molar-refractivity contribution in [1.82, 2.24) is 19.3 Å². The first-order chi connectivity index (χ1) is 11.3. The first-order valence-corrected chi connectivity index (χ1v) is 8.30. The standard InChI is InChI=1S/C16H17N5OS/c1-22-10-14-19-16(23-20-14)21-8-7-12-13(9-21)18-15(17-12)11-5-3-2-4-6-11/h2-6H,7-10H2,1H3,(H,17,18). The van der Waals surface area contributed by atoms with E-state index in [9.17, 15) is 0 Å². The lowest BCUT2D eigenvalue weighted by atomic mass is 10.1. The summed E-state index contributed by atoms with van der Waals surface area (Å²) in [4.78, 5) is 15.0. The van der Waals surface area contributed by atoms with Gasteiger partial charge in [-0.25, -0.2) is 9.97 Å². The Morgan fingerprint density at radius 3 is 2.96 bits per heavy atom. The van der Waals surface area contributed by atoms with Gasteiger partial charge in [0.05, 0.1) is 17.9 Å². The van der Waals surface area contributed by atoms with Crippen molar-refractivity contribution in [3.8, 4) is 11.4 Å². The number of hydrogen-bond donors (Lipinski definition) is 1. The summed E-state index contributed by atoms with van der Waals surface area (Å²) in [7, 11) is 1.66. The highest BCUT2D eigenvalue weighted by atomic mass is 32.1. The molecule has 0 saturated heterocycles. The normalized spacial score (nSPS) is 14.0. The van der Waals surface area contributed by atoms with Crippen LogP contribution >= 0.6 is 11.5 Å². The molecule has 0 bridgehead atoms. The lowest BCUT2D eigenvalue weighted by Gasteiger charge is -2.24. The minimum absolute atomic E-state index is 0.456. The molecule has 3 heterocycles. The number of nitrogens with one attached hydrogen (secondary N) is 1. The number of anilines is 1. The van der Waals surface area contributed by atoms with E-state index in [4.69, 9.17) is 9.72 Å². The molecule has 0 fully saturated rings. The molecule has 1 aliphatic heterocycles. The third kappa shape index (κ3) is 2.85. The van der Waals surface area contributed by atoms with Crippen LogP contribution in [0.15, 0.2) is 30.3 Å². The third-order valence-electron chi connectivity index (χ3n) is 3.88. The van der Waals surface area contributed by atoms with Crippen LogP contribution in [0.4, 0.5) is 5.13 Å². The Kier molecular flexibility index (Phi) is 3.80. The fourth-order valence-corrected chi connectivity index (χ4v) is 3.45. The van der Waals surface area contributed by atoms with Crippen LogP contribution in [0.3, 0.4) is 0 Å². The molecule has 1 N–H and O–H groups in total. The van der Waals surface area contributed by atoms with Crippen LogP contribution in [-0.4, -0.2) is 33.0 Å². The molecule has 0 amide bonds. The number of aromatic nitrogens is 4. The summed E-state index contributed by atoms with van der Waals surface area (Å²) in [5.74, 6) is 1.68. The van der Waals surface area contributed by atoms with Crippen LogP contribution in [0.5, 0.6) is 0 Å². The Hall–Kier alpha value is -2.25. The Balaban J connectivity index is 1.56. The minimum atomic E-state index is 0.456. The number of nitrogens with zero attached hydrogens (tertiary/aromatic N) is 4. The summed E-state index contributed by atoms with van der Waals surface area (Å²) >= 11 is 1.42. The molecule has 0 atom stereocenters. The van der Waals surface area contributed by atoms with Crippen LogP contribution in [0.25, 0.3) is 11.4 Å². The number of benzene rings is 1. The first-order valence-electron chi connectivity index (χ1n) is 7.53. The quantitative estimate of drug-likeness (QED) is 0.798. The molecule has 0 spiro atoms. The van der Waals surface area contributed by atoms with Crippen molar-refractivity contribution < 1.29 is 4.74 Å². The van der Waals surface area contributed by atoms with Crippen molar-refractivity contribution in [3.05, 3.63) is 47.5 Å². The molecule has 0 radical (unpaired) electrons. The number of hydrogen-bond acceptors (Lipinski definition) is 6. The number of H-pyrrole nitrogens is 1. The molecule has 6 nitrogen and oxygen atoms in total. The number of imidazole rings is 1. The van der Waals surface area contributed by atoms with Gasteiger partial charge in [0.15, 0.2) is 5.82 Å². The number of fused-ring (bicyclic) bond motifs is 1. The molecule has 118 valence electrons. The predicted octanol–water partition coefficient (Wildman–Crippen LogP) is 2.64. The largest absolute Gasteiger partial charge is 0.377 e. The van der Waals surface area contributed by atoms with Crippen LogP contribution in [0, 0.1) is 0 Å². The van der Waals surface area contributed by atoms with Gasteiger partial charge in [-0.2, -0.15) is 4.37 Å². The lowest BCUT2D eigenvalue weighted by molar-refractivity contribution is 0.179. The maximum absolute atomic E-state index is 5.08. The van der Waals surface area contributed by atoms with Gasteiger partial charge in [0, 0.05) is 37.2 Å². The summed E-state index contributed by atoms with van der Waals surface area (Å²) in [5.41, 5.74) is 3.44. The van der Waals surface area contributed by atoms with Crippen LogP contribution in [-0.2, 0) is 24.3 Å². The van der Waals surface area contributed by atoms with Crippen LogP contribution in [0.2, 0.25) is 0 Å². The zero-order valence-corrected chi connectivity index (χ0v) is 13.6. The second-order valence-electron chi connectivity index (χ2n) is 5.47. The average molecular weight is 327 g/mol. The van der Waals surface area contributed by atoms with Crippen molar-refractivity contribution in [2.75, 3.05) is 18.6 Å². The van der Waals surface area contributed by atoms with Gasteiger partial charge in [-0.05, 0) is 0 Å². The third-order valence-corrected chi connectivity index (χ3v) is 4.70. The van der Waals surface area contributed by atoms with E-state index < -0.39 is 0 Å². The zero-order valence-electron chi connectivity index (χ0n) is 12.8. The van der Waals surface area contributed by atoms with Crippen LogP contribution < -0.4 is 4.90 Å². The average Bonchev–Trinajstić information content (AvgIpc) is 3.22. The van der Waals surface area contributed by atoms with Crippen molar-refractivity contribution in [1.29, 1.82) is 0 Å². The fourth-order valence-electron chi connectivity index (χ4n) is 2.75. The molecular formula is C16H17N5OS. The highest BCUT2D eigenvalue weighted by Gasteiger charge is 2.23. The summed E-state index contributed by atoms with van der Waals surface area (Å²) in [6.45, 7) is 2.16. The summed E-state index contributed by atoms with van der Waals surface area (Å²) in [5, 5.41) is 0.943. The van der Waals surface area contributed by atoms with Gasteiger partial charge >= 0.3 is 0 Å². The van der Waals surface area contributed by atoms with Gasteiger partial charge < -0.3 is 14.6 Å². The maximum atomic E-state index is 5.08. The van der Waals surface area contributed by atoms with E-state index in [0.717, 1.165) is 47.5 Å². The molecule has 0 aliphatic carbocycles. The second kappa shape index (κ2) is 6.10. The van der Waals surface area contributed by atoms with E-state index in [1.165, 1.54) is 17.2 Å². The summed E-state index contributed by atoms with van der Waals surface area (Å²) in [6.07, 6.45) is 0.915. The van der Waals surface area contributed by atoms with Crippen molar-refractivity contribution in [3.63, 3.8) is 0 Å². The molecule has 3 aromatic rings. The highest BCUT2D eigenvalue weighted by Crippen LogP contribution is 2.27. The van der Waals surface area contributed by atoms with E-state index in [2.05, 4.69) is 31.4 Å². The van der Waals surface area contributed by atoms with Gasteiger partial charge in [0.1, 0.15) is 12.4 Å². The monoisotopic (exact) mass is 327 g/mol. The van der Waals surface area contributed by atoms with Gasteiger partial charge in [-0.3, -0.25) is 0 Å². The van der Waals surface area contributed by atoms with Crippen molar-refractivity contribution >= 4 is 16.7 Å². The molecule has 23 heavy (non-hydrogen) atoms. The Morgan fingerprint density at radius 2 is 2.13 bits per heavy atom. The van der Waals surface area contributed by atoms with Gasteiger partial charge in [0.25, 0.3) is 0 Å². The maximum Gasteiger partial charge on any atom is 0.205 e. The number of ether oxygens (including phenoxy) is 1. The second-order valence-corrected chi connectivity index (χ2v) is 6.20. The Bertz CT molecular complexity index is 798. The van der Waals surface area contributed by atoms with E-state index in [-0.39, 0.29) is 0 Å². The van der Waals surface area contributed by atoms with Gasteiger partial charge in [-0.1, -0.05) is 30.3 Å². The Labute approximate surface area is 138 Å². The summed E-state index contributed by atoms with van der Waals surface area (Å²) < 4.78 is 9.41. The Morgan fingerprint density at radius 1 is 1.26 bits per heavy atom.